The summed E-state index contributed by atoms with van der Waals surface area (Å²) in [6.07, 6.45) is 2.72. The molecular weight excluding hydrogens is 238 g/mol. The molecule has 1 amide bonds. The molecule has 1 heterocycles. The van der Waals surface area contributed by atoms with Crippen molar-refractivity contribution in [2.75, 3.05) is 20.2 Å². The number of carbonyl (C=O) groups excluding carboxylic acids is 1. The van der Waals surface area contributed by atoms with E-state index in [0.717, 1.165) is 38.1 Å². The molecule has 0 aliphatic carbocycles. The second-order valence-corrected chi connectivity index (χ2v) is 5.23. The van der Waals surface area contributed by atoms with E-state index in [0.29, 0.717) is 0 Å². The van der Waals surface area contributed by atoms with E-state index < -0.39 is 0 Å². The van der Waals surface area contributed by atoms with Gasteiger partial charge in [-0.25, -0.2) is 0 Å². The van der Waals surface area contributed by atoms with Crippen LogP contribution < -0.4 is 4.74 Å². The summed E-state index contributed by atoms with van der Waals surface area (Å²) in [5, 5.41) is 0. The summed E-state index contributed by atoms with van der Waals surface area (Å²) in [6.45, 7) is 5.71. The molecule has 0 aromatic heterocycles. The van der Waals surface area contributed by atoms with Crippen LogP contribution in [0.4, 0.5) is 0 Å². The van der Waals surface area contributed by atoms with Gasteiger partial charge in [-0.1, -0.05) is 26.0 Å². The minimum atomic E-state index is 0.128. The number of methoxy groups -OCH3 is 1. The van der Waals surface area contributed by atoms with Gasteiger partial charge in [0.25, 0.3) is 0 Å². The molecule has 1 aromatic rings. The Bertz CT molecular complexity index is 456. The van der Waals surface area contributed by atoms with Crippen LogP contribution in [-0.4, -0.2) is 31.0 Å². The molecule has 1 aromatic carbocycles. The number of hydrogen-bond donors (Lipinski definition) is 0. The second-order valence-electron chi connectivity index (χ2n) is 5.23. The normalized spacial score (nSPS) is 16.5. The molecule has 1 aliphatic rings. The molecule has 1 atom stereocenters. The number of rotatable bonds is 3. The Morgan fingerprint density at radius 1 is 1.37 bits per heavy atom. The van der Waals surface area contributed by atoms with Crippen molar-refractivity contribution < 1.29 is 9.53 Å². The highest BCUT2D eigenvalue weighted by molar-refractivity contribution is 5.78. The van der Waals surface area contributed by atoms with Crippen LogP contribution in [-0.2, 0) is 17.6 Å². The molecule has 0 bridgehead atoms. The number of nitrogens with zero attached hydrogens (tertiary/aromatic N) is 1. The quantitative estimate of drug-likeness (QED) is 0.837. The van der Waals surface area contributed by atoms with Crippen LogP contribution in [0.25, 0.3) is 0 Å². The lowest BCUT2D eigenvalue weighted by Crippen LogP contribution is -2.36. The van der Waals surface area contributed by atoms with E-state index in [1.807, 2.05) is 24.0 Å². The third-order valence-electron chi connectivity index (χ3n) is 4.08. The predicted octanol–water partition coefficient (Wildman–Crippen LogP) is 2.67. The van der Waals surface area contributed by atoms with Crippen LogP contribution in [0.3, 0.4) is 0 Å². The summed E-state index contributed by atoms with van der Waals surface area (Å²) < 4.78 is 5.43. The van der Waals surface area contributed by atoms with E-state index in [9.17, 15) is 4.79 Å². The first kappa shape index (κ1) is 13.9. The third-order valence-corrected chi connectivity index (χ3v) is 4.08. The lowest BCUT2D eigenvalue weighted by molar-refractivity contribution is -0.134. The maximum absolute atomic E-state index is 12.3. The molecule has 0 radical (unpaired) electrons. The van der Waals surface area contributed by atoms with Crippen molar-refractivity contribution in [2.45, 2.75) is 33.1 Å². The first-order valence-corrected chi connectivity index (χ1v) is 7.11. The van der Waals surface area contributed by atoms with Gasteiger partial charge >= 0.3 is 0 Å². The number of amides is 1. The first-order chi connectivity index (χ1) is 9.17. The van der Waals surface area contributed by atoms with E-state index in [1.54, 1.807) is 7.11 Å². The van der Waals surface area contributed by atoms with E-state index in [1.165, 1.54) is 11.1 Å². The van der Waals surface area contributed by atoms with Crippen molar-refractivity contribution in [3.05, 3.63) is 29.3 Å². The van der Waals surface area contributed by atoms with Gasteiger partial charge in [-0.3, -0.25) is 4.79 Å². The highest BCUT2D eigenvalue weighted by Crippen LogP contribution is 2.26. The molecule has 1 unspecified atom stereocenters. The molecule has 0 saturated heterocycles. The Morgan fingerprint density at radius 3 is 2.79 bits per heavy atom. The first-order valence-electron chi connectivity index (χ1n) is 7.11. The molecule has 3 nitrogen and oxygen atoms in total. The van der Waals surface area contributed by atoms with E-state index in [-0.39, 0.29) is 11.8 Å². The smallest absolute Gasteiger partial charge is 0.225 e. The highest BCUT2D eigenvalue weighted by atomic mass is 16.5. The Labute approximate surface area is 115 Å². The summed E-state index contributed by atoms with van der Waals surface area (Å²) in [6, 6.07) is 6.18. The zero-order chi connectivity index (χ0) is 13.8. The molecule has 1 aliphatic heterocycles. The van der Waals surface area contributed by atoms with Gasteiger partial charge in [0.2, 0.25) is 5.91 Å². The van der Waals surface area contributed by atoms with Gasteiger partial charge < -0.3 is 9.64 Å². The van der Waals surface area contributed by atoms with Crippen molar-refractivity contribution in [1.29, 1.82) is 0 Å². The minimum Gasteiger partial charge on any atom is -0.496 e. The van der Waals surface area contributed by atoms with Crippen molar-refractivity contribution in [3.63, 3.8) is 0 Å². The predicted molar refractivity (Wildman–Crippen MR) is 76.4 cm³/mol. The van der Waals surface area contributed by atoms with Crippen LogP contribution in [0.1, 0.15) is 31.4 Å². The second kappa shape index (κ2) is 6.09. The molecule has 0 N–H and O–H groups in total. The zero-order valence-electron chi connectivity index (χ0n) is 12.1. The SMILES string of the molecule is CCC(C)C(=O)N1CCc2cccc(OC)c2CC1. The van der Waals surface area contributed by atoms with Gasteiger partial charge in [0.05, 0.1) is 7.11 Å². The monoisotopic (exact) mass is 261 g/mol. The van der Waals surface area contributed by atoms with Gasteiger partial charge in [-0.05, 0) is 36.5 Å². The summed E-state index contributed by atoms with van der Waals surface area (Å²) >= 11 is 0. The van der Waals surface area contributed by atoms with Crippen LogP contribution in [0.2, 0.25) is 0 Å². The molecular formula is C16H23NO2. The lowest BCUT2D eigenvalue weighted by atomic mass is 10.0. The molecule has 0 spiro atoms. The van der Waals surface area contributed by atoms with Crippen LogP contribution in [0.5, 0.6) is 5.75 Å². The number of ether oxygens (including phenoxy) is 1. The Kier molecular flexibility index (Phi) is 4.46. The maximum atomic E-state index is 12.3. The average molecular weight is 261 g/mol. The van der Waals surface area contributed by atoms with Gasteiger partial charge in [-0.2, -0.15) is 0 Å². The zero-order valence-corrected chi connectivity index (χ0v) is 12.1. The van der Waals surface area contributed by atoms with Gasteiger partial charge in [0.15, 0.2) is 0 Å². The molecule has 0 fully saturated rings. The third kappa shape index (κ3) is 2.91. The summed E-state index contributed by atoms with van der Waals surface area (Å²) in [5.41, 5.74) is 2.59. The fourth-order valence-electron chi connectivity index (χ4n) is 2.64. The molecule has 0 saturated carbocycles. The molecule has 3 heteroatoms. The number of hydrogen-bond acceptors (Lipinski definition) is 2. The highest BCUT2D eigenvalue weighted by Gasteiger charge is 2.23. The molecule has 2 rings (SSSR count). The van der Waals surface area contributed by atoms with E-state index in [2.05, 4.69) is 13.0 Å². The Hall–Kier alpha value is -1.51. The Balaban J connectivity index is 2.15. The topological polar surface area (TPSA) is 29.5 Å². The van der Waals surface area contributed by atoms with Crippen molar-refractivity contribution >= 4 is 5.91 Å². The fourth-order valence-corrected chi connectivity index (χ4v) is 2.64. The van der Waals surface area contributed by atoms with Crippen molar-refractivity contribution in [2.24, 2.45) is 5.92 Å². The average Bonchev–Trinajstić information content (AvgIpc) is 2.67. The van der Waals surface area contributed by atoms with E-state index >= 15 is 0 Å². The van der Waals surface area contributed by atoms with Crippen molar-refractivity contribution in [3.8, 4) is 5.75 Å². The van der Waals surface area contributed by atoms with Gasteiger partial charge in [0, 0.05) is 19.0 Å². The molecule has 19 heavy (non-hydrogen) atoms. The Morgan fingerprint density at radius 2 is 2.11 bits per heavy atom. The molecule has 104 valence electrons. The van der Waals surface area contributed by atoms with Crippen LogP contribution in [0.15, 0.2) is 18.2 Å². The van der Waals surface area contributed by atoms with Crippen molar-refractivity contribution in [1.82, 2.24) is 4.90 Å². The largest absolute Gasteiger partial charge is 0.496 e. The lowest BCUT2D eigenvalue weighted by Gasteiger charge is -2.23. The number of fused-ring (bicyclic) bond motifs is 1. The van der Waals surface area contributed by atoms with Gasteiger partial charge in [-0.15, -0.1) is 0 Å². The minimum absolute atomic E-state index is 0.128. The van der Waals surface area contributed by atoms with Crippen LogP contribution >= 0.6 is 0 Å². The van der Waals surface area contributed by atoms with Gasteiger partial charge in [0.1, 0.15) is 5.75 Å². The summed E-state index contributed by atoms with van der Waals surface area (Å²) in [4.78, 5) is 14.3. The fraction of sp³-hybridized carbons (Fsp3) is 0.562. The summed E-state index contributed by atoms with van der Waals surface area (Å²) in [5.74, 6) is 1.37. The maximum Gasteiger partial charge on any atom is 0.225 e. The van der Waals surface area contributed by atoms with E-state index in [4.69, 9.17) is 4.74 Å². The summed E-state index contributed by atoms with van der Waals surface area (Å²) in [7, 11) is 1.71. The van der Waals surface area contributed by atoms with Crippen LogP contribution in [0, 0.1) is 5.92 Å². The number of benzene rings is 1. The standard InChI is InChI=1S/C16H23NO2/c1-4-12(2)16(18)17-10-8-13-6-5-7-15(19-3)14(13)9-11-17/h5-7,12H,4,8-11H2,1-3H3. The number of carbonyl (C=O) groups is 1.